The molecule has 0 spiro atoms. The van der Waals surface area contributed by atoms with Crippen LogP contribution in [0.25, 0.3) is 0 Å². The molecule has 0 bridgehead atoms. The molecule has 1 fully saturated rings. The lowest BCUT2D eigenvalue weighted by molar-refractivity contribution is -0.122. The average Bonchev–Trinajstić information content (AvgIpc) is 2.18. The second-order valence-corrected chi connectivity index (χ2v) is 4.83. The van der Waals surface area contributed by atoms with Crippen molar-refractivity contribution < 1.29 is 9.90 Å². The van der Waals surface area contributed by atoms with E-state index >= 15 is 0 Å². The van der Waals surface area contributed by atoms with Crippen LogP contribution < -0.4 is 0 Å². The number of hydrogen-bond acceptors (Lipinski definition) is 1. The minimum absolute atomic E-state index is 0.250. The molecule has 3 unspecified atom stereocenters. The van der Waals surface area contributed by atoms with Gasteiger partial charge in [-0.25, -0.2) is 0 Å². The zero-order chi connectivity index (χ0) is 11.8. The summed E-state index contributed by atoms with van der Waals surface area (Å²) < 4.78 is 0. The van der Waals surface area contributed by atoms with E-state index < -0.39 is 0 Å². The summed E-state index contributed by atoms with van der Waals surface area (Å²) in [5.41, 5.74) is 0. The minimum Gasteiger partial charge on any atom is -0.483 e. The number of carboxylic acid groups (broad SMARTS) is 1. The maximum absolute atomic E-state index is 8.36. The molecule has 1 N–H and O–H groups in total. The maximum atomic E-state index is 8.36. The summed E-state index contributed by atoms with van der Waals surface area (Å²) in [7, 11) is 0. The van der Waals surface area contributed by atoms with Crippen molar-refractivity contribution in [2.24, 2.45) is 23.7 Å². The summed E-state index contributed by atoms with van der Waals surface area (Å²) in [5, 5.41) is 6.89. The van der Waals surface area contributed by atoms with Crippen molar-refractivity contribution >= 4 is 6.47 Å². The van der Waals surface area contributed by atoms with Crippen LogP contribution >= 0.6 is 0 Å². The Kier molecular flexibility index (Phi) is 7.10. The van der Waals surface area contributed by atoms with E-state index in [1.54, 1.807) is 0 Å². The van der Waals surface area contributed by atoms with Crippen molar-refractivity contribution in [3.63, 3.8) is 0 Å². The molecule has 15 heavy (non-hydrogen) atoms. The van der Waals surface area contributed by atoms with E-state index in [0.29, 0.717) is 0 Å². The van der Waals surface area contributed by atoms with Gasteiger partial charge in [-0.05, 0) is 36.5 Å². The molecule has 88 valence electrons. The summed E-state index contributed by atoms with van der Waals surface area (Å²) in [5.74, 6) is 3.44. The first-order chi connectivity index (χ1) is 7.06. The Morgan fingerprint density at radius 3 is 2.33 bits per heavy atom. The van der Waals surface area contributed by atoms with Crippen molar-refractivity contribution in [1.82, 2.24) is 0 Å². The lowest BCUT2D eigenvalue weighted by Gasteiger charge is -2.35. The van der Waals surface area contributed by atoms with E-state index in [-0.39, 0.29) is 6.47 Å². The quantitative estimate of drug-likeness (QED) is 0.561. The zero-order valence-corrected chi connectivity index (χ0v) is 10.1. The predicted octanol–water partition coefficient (Wildman–Crippen LogP) is 3.58. The fourth-order valence-electron chi connectivity index (χ4n) is 2.55. The van der Waals surface area contributed by atoms with E-state index in [9.17, 15) is 0 Å². The Balaban J connectivity index is 0.000000583. The van der Waals surface area contributed by atoms with Crippen molar-refractivity contribution in [2.75, 3.05) is 0 Å². The van der Waals surface area contributed by atoms with Gasteiger partial charge in [0.05, 0.1) is 0 Å². The highest BCUT2D eigenvalue weighted by atomic mass is 16.3. The van der Waals surface area contributed by atoms with Gasteiger partial charge < -0.3 is 5.11 Å². The summed E-state index contributed by atoms with van der Waals surface area (Å²) in [4.78, 5) is 8.36. The van der Waals surface area contributed by atoms with Crippen LogP contribution in [0.3, 0.4) is 0 Å². The Bertz CT molecular complexity index is 187. The highest BCUT2D eigenvalue weighted by Gasteiger charge is 2.28. The van der Waals surface area contributed by atoms with Crippen LogP contribution in [0.4, 0.5) is 0 Å². The first kappa shape index (κ1) is 14.2. The molecule has 0 aromatic carbocycles. The first-order valence-electron chi connectivity index (χ1n) is 5.77. The van der Waals surface area contributed by atoms with E-state index in [1.165, 1.54) is 19.3 Å². The smallest absolute Gasteiger partial charge is 0.290 e. The van der Waals surface area contributed by atoms with Crippen molar-refractivity contribution in [3.8, 4) is 0 Å². The summed E-state index contributed by atoms with van der Waals surface area (Å²) >= 11 is 0. The molecular weight excluding hydrogens is 188 g/mol. The minimum atomic E-state index is -0.250. The third-order valence-electron chi connectivity index (χ3n) is 3.38. The second kappa shape index (κ2) is 7.49. The standard InChI is InChI=1S/C12H22.CH2O2/c1-5-11-8-10(4)6-7-12(11)9(2)3;2-1-3/h5,9-12H,1,6-8H2,2-4H3;1H,(H,2,3). The summed E-state index contributed by atoms with van der Waals surface area (Å²) in [6.45, 7) is 10.8. The highest BCUT2D eigenvalue weighted by Crippen LogP contribution is 2.38. The van der Waals surface area contributed by atoms with Crippen molar-refractivity contribution in [3.05, 3.63) is 12.7 Å². The molecule has 1 saturated carbocycles. The number of rotatable bonds is 2. The lowest BCUT2D eigenvalue weighted by atomic mass is 9.70. The van der Waals surface area contributed by atoms with Crippen LogP contribution in [0, 0.1) is 23.7 Å². The van der Waals surface area contributed by atoms with Crippen LogP contribution in [-0.2, 0) is 4.79 Å². The molecule has 0 aromatic heterocycles. The molecule has 0 heterocycles. The average molecular weight is 212 g/mol. The monoisotopic (exact) mass is 212 g/mol. The Morgan fingerprint density at radius 2 is 1.93 bits per heavy atom. The summed E-state index contributed by atoms with van der Waals surface area (Å²) in [6.07, 6.45) is 6.38. The van der Waals surface area contributed by atoms with E-state index in [4.69, 9.17) is 9.90 Å². The molecule has 0 radical (unpaired) electrons. The summed E-state index contributed by atoms with van der Waals surface area (Å²) in [6, 6.07) is 0. The SMILES string of the molecule is C=CC1CC(C)CCC1C(C)C.O=CO. The van der Waals surface area contributed by atoms with Gasteiger partial charge in [0.1, 0.15) is 0 Å². The van der Waals surface area contributed by atoms with Gasteiger partial charge in [-0.15, -0.1) is 6.58 Å². The van der Waals surface area contributed by atoms with Gasteiger partial charge in [0.25, 0.3) is 6.47 Å². The topological polar surface area (TPSA) is 37.3 Å². The Hall–Kier alpha value is -0.790. The largest absolute Gasteiger partial charge is 0.483 e. The number of hydrogen-bond donors (Lipinski definition) is 1. The highest BCUT2D eigenvalue weighted by molar-refractivity contribution is 5.32. The van der Waals surface area contributed by atoms with Gasteiger partial charge in [-0.3, -0.25) is 4.79 Å². The fraction of sp³-hybridized carbons (Fsp3) is 0.769. The molecular formula is C13H24O2. The molecule has 0 aromatic rings. The first-order valence-corrected chi connectivity index (χ1v) is 5.77. The van der Waals surface area contributed by atoms with Gasteiger partial charge in [-0.1, -0.05) is 33.3 Å². The molecule has 3 atom stereocenters. The van der Waals surface area contributed by atoms with E-state index in [2.05, 4.69) is 33.4 Å². The van der Waals surface area contributed by atoms with Gasteiger partial charge in [0.2, 0.25) is 0 Å². The molecule has 1 aliphatic carbocycles. The molecule has 2 nitrogen and oxygen atoms in total. The van der Waals surface area contributed by atoms with Gasteiger partial charge >= 0.3 is 0 Å². The number of allylic oxidation sites excluding steroid dienone is 1. The third-order valence-corrected chi connectivity index (χ3v) is 3.38. The van der Waals surface area contributed by atoms with Crippen LogP contribution in [0.5, 0.6) is 0 Å². The molecule has 2 heteroatoms. The van der Waals surface area contributed by atoms with E-state index in [1.807, 2.05) is 0 Å². The third kappa shape index (κ3) is 5.01. The van der Waals surface area contributed by atoms with Crippen LogP contribution in [-0.4, -0.2) is 11.6 Å². The van der Waals surface area contributed by atoms with E-state index in [0.717, 1.165) is 23.7 Å². The van der Waals surface area contributed by atoms with Crippen LogP contribution in [0.1, 0.15) is 40.0 Å². The number of carbonyl (C=O) groups is 1. The molecule has 1 aliphatic rings. The Labute approximate surface area is 93.4 Å². The zero-order valence-electron chi connectivity index (χ0n) is 10.1. The van der Waals surface area contributed by atoms with Crippen LogP contribution in [0.15, 0.2) is 12.7 Å². The van der Waals surface area contributed by atoms with Gasteiger partial charge in [0, 0.05) is 0 Å². The maximum Gasteiger partial charge on any atom is 0.290 e. The fourth-order valence-corrected chi connectivity index (χ4v) is 2.55. The molecule has 0 amide bonds. The molecule has 0 aliphatic heterocycles. The van der Waals surface area contributed by atoms with Crippen molar-refractivity contribution in [2.45, 2.75) is 40.0 Å². The lowest BCUT2D eigenvalue weighted by Crippen LogP contribution is -2.26. The van der Waals surface area contributed by atoms with Crippen molar-refractivity contribution in [1.29, 1.82) is 0 Å². The predicted molar refractivity (Wildman–Crippen MR) is 63.7 cm³/mol. The second-order valence-electron chi connectivity index (χ2n) is 4.83. The molecule has 0 saturated heterocycles. The normalized spacial score (nSPS) is 30.3. The van der Waals surface area contributed by atoms with Gasteiger partial charge in [-0.2, -0.15) is 0 Å². The Morgan fingerprint density at radius 1 is 1.40 bits per heavy atom. The molecule has 1 rings (SSSR count). The van der Waals surface area contributed by atoms with Gasteiger partial charge in [0.15, 0.2) is 0 Å². The van der Waals surface area contributed by atoms with Crippen LogP contribution in [0.2, 0.25) is 0 Å².